The van der Waals surface area contributed by atoms with E-state index >= 15 is 0 Å². The van der Waals surface area contributed by atoms with Crippen molar-refractivity contribution in [2.24, 2.45) is 5.92 Å². The average molecular weight is 296 g/mol. The summed E-state index contributed by atoms with van der Waals surface area (Å²) in [5.41, 5.74) is 1.01. The zero-order valence-corrected chi connectivity index (χ0v) is 13.5. The minimum absolute atomic E-state index is 0.0845. The van der Waals surface area contributed by atoms with Gasteiger partial charge in [0.15, 0.2) is 0 Å². The molecular weight excluding hydrogens is 271 g/mol. The molecule has 118 valence electrons. The van der Waals surface area contributed by atoms with Crippen LogP contribution in [0, 0.1) is 11.2 Å². The second-order valence-corrected chi connectivity index (χ2v) is 6.07. The summed E-state index contributed by atoms with van der Waals surface area (Å²) in [6.07, 6.45) is -0.359. The van der Waals surface area contributed by atoms with Gasteiger partial charge in [-0.1, -0.05) is 0 Å². The first-order valence-corrected chi connectivity index (χ1v) is 7.16. The average Bonchev–Trinajstić information content (AvgIpc) is 2.47. The van der Waals surface area contributed by atoms with E-state index in [9.17, 15) is 0 Å². The van der Waals surface area contributed by atoms with Gasteiger partial charge in [0, 0.05) is 0 Å². The molecule has 6 nitrogen and oxygen atoms in total. The molecular formula is C14H25BN2O4. The van der Waals surface area contributed by atoms with Crippen molar-refractivity contribution in [1.29, 1.82) is 5.31 Å². The maximum atomic E-state index is 7.51. The molecule has 5 atom stereocenters. The van der Waals surface area contributed by atoms with E-state index in [-0.39, 0.29) is 18.1 Å². The van der Waals surface area contributed by atoms with Crippen molar-refractivity contribution in [1.82, 2.24) is 4.81 Å². The summed E-state index contributed by atoms with van der Waals surface area (Å²) in [6.45, 7) is 11.0. The Morgan fingerprint density at radius 3 is 2.29 bits per heavy atom. The van der Waals surface area contributed by atoms with Gasteiger partial charge in [-0.25, -0.2) is 0 Å². The van der Waals surface area contributed by atoms with Gasteiger partial charge in [0.1, 0.15) is 0 Å². The zero-order valence-electron chi connectivity index (χ0n) is 13.5. The number of hydrogen-bond donors (Lipinski definition) is 1. The molecule has 2 aliphatic rings. The fourth-order valence-electron chi connectivity index (χ4n) is 3.06. The zero-order chi connectivity index (χ0) is 15.8. The Kier molecular flexibility index (Phi) is 4.59. The van der Waals surface area contributed by atoms with Crippen molar-refractivity contribution < 1.29 is 18.9 Å². The van der Waals surface area contributed by atoms with Crippen LogP contribution in [0.1, 0.15) is 20.8 Å². The van der Waals surface area contributed by atoms with Gasteiger partial charge in [0.25, 0.3) is 0 Å². The molecule has 0 aromatic heterocycles. The van der Waals surface area contributed by atoms with E-state index in [2.05, 4.69) is 6.58 Å². The number of ether oxygens (including phenoxy) is 4. The molecule has 0 aromatic rings. The monoisotopic (exact) mass is 296 g/mol. The van der Waals surface area contributed by atoms with Crippen molar-refractivity contribution in [3.63, 3.8) is 0 Å². The summed E-state index contributed by atoms with van der Waals surface area (Å²) in [6, 6.07) is 0. The summed E-state index contributed by atoms with van der Waals surface area (Å²) in [5.74, 6) is -1.92. The van der Waals surface area contributed by atoms with E-state index in [4.69, 9.17) is 24.3 Å². The third kappa shape index (κ3) is 2.68. The van der Waals surface area contributed by atoms with E-state index in [1.54, 1.807) is 14.2 Å². The maximum absolute atomic E-state index is 7.51. The third-order valence-electron chi connectivity index (χ3n) is 4.77. The molecule has 0 bridgehead atoms. The first-order valence-electron chi connectivity index (χ1n) is 7.16. The number of nitrogens with one attached hydrogen (secondary N) is 1. The number of hydrogen-bond acceptors (Lipinski definition) is 5. The minimum atomic E-state index is -1.01. The Balaban J connectivity index is 2.33. The summed E-state index contributed by atoms with van der Waals surface area (Å²) in [4.78, 5) is 1.91. The Labute approximate surface area is 127 Å². The number of fused-ring (bicyclic) bond motifs is 1. The molecule has 0 radical (unpaired) electrons. The van der Waals surface area contributed by atoms with E-state index in [1.165, 1.54) is 7.21 Å². The Morgan fingerprint density at radius 2 is 1.81 bits per heavy atom. The number of nitrogens with zero attached hydrogens (tertiary/aromatic N) is 1. The fraction of sp³-hybridized carbons (Fsp3) is 0.857. The normalized spacial score (nSPS) is 43.1. The van der Waals surface area contributed by atoms with Crippen LogP contribution in [0.15, 0.2) is 12.2 Å². The van der Waals surface area contributed by atoms with Crippen LogP contribution >= 0.6 is 0 Å². The quantitative estimate of drug-likeness (QED) is 0.627. The molecule has 2 aliphatic heterocycles. The standard InChI is InChI=1S/C14H25BN2O4/c1-9(2)10-7-17(15-16)8-11-12(10)21-14(4,19-6)13(3,18-5)20-11/h10-12,16H,1,7-8H2,2-6H3/t10-,11-,12-,13+,14+/m1/s1. The molecule has 0 spiro atoms. The summed E-state index contributed by atoms with van der Waals surface area (Å²) in [7, 11) is 4.50. The number of rotatable bonds is 4. The molecule has 21 heavy (non-hydrogen) atoms. The van der Waals surface area contributed by atoms with Gasteiger partial charge in [-0.05, 0) is 0 Å². The van der Waals surface area contributed by atoms with E-state index in [0.29, 0.717) is 13.1 Å². The second kappa shape index (κ2) is 5.80. The second-order valence-electron chi connectivity index (χ2n) is 6.07. The molecule has 7 heteroatoms. The van der Waals surface area contributed by atoms with Crippen LogP contribution in [0.25, 0.3) is 0 Å². The molecule has 2 fully saturated rings. The van der Waals surface area contributed by atoms with Crippen molar-refractivity contribution in [2.45, 2.75) is 44.6 Å². The van der Waals surface area contributed by atoms with Gasteiger partial charge in [-0.15, -0.1) is 0 Å². The first kappa shape index (κ1) is 16.6. The van der Waals surface area contributed by atoms with Gasteiger partial charge in [0.05, 0.1) is 0 Å². The molecule has 2 saturated heterocycles. The van der Waals surface area contributed by atoms with E-state index < -0.39 is 11.6 Å². The van der Waals surface area contributed by atoms with Gasteiger partial charge in [-0.2, -0.15) is 0 Å². The van der Waals surface area contributed by atoms with Gasteiger partial charge >= 0.3 is 126 Å². The molecule has 0 unspecified atom stereocenters. The van der Waals surface area contributed by atoms with Crippen LogP contribution in [0.2, 0.25) is 0 Å². The fourth-order valence-corrected chi connectivity index (χ4v) is 3.06. The van der Waals surface area contributed by atoms with Crippen molar-refractivity contribution >= 4 is 7.21 Å². The third-order valence-corrected chi connectivity index (χ3v) is 4.77. The Bertz CT molecular complexity index is 435. The van der Waals surface area contributed by atoms with Crippen molar-refractivity contribution in [2.75, 3.05) is 27.3 Å². The van der Waals surface area contributed by atoms with Crippen molar-refractivity contribution in [3.05, 3.63) is 12.2 Å². The SMILES string of the molecule is C=C(C)[C@H]1CN(B=N)C[C@H]2O[C@](C)(OC)[C@@](C)(OC)O[C@H]12. The van der Waals surface area contributed by atoms with Crippen LogP contribution in [0.5, 0.6) is 0 Å². The number of methoxy groups -OCH3 is 2. The summed E-state index contributed by atoms with van der Waals surface area (Å²) < 4.78 is 23.5. The molecule has 0 aromatic carbocycles. The van der Waals surface area contributed by atoms with Crippen LogP contribution in [-0.4, -0.2) is 63.1 Å². The molecule has 2 heterocycles. The molecule has 1 N–H and O–H groups in total. The van der Waals surface area contributed by atoms with Gasteiger partial charge in [-0.3, -0.25) is 0 Å². The van der Waals surface area contributed by atoms with Crippen LogP contribution < -0.4 is 0 Å². The van der Waals surface area contributed by atoms with Crippen LogP contribution in [0.4, 0.5) is 0 Å². The van der Waals surface area contributed by atoms with E-state index in [0.717, 1.165) is 5.57 Å². The van der Waals surface area contributed by atoms with Gasteiger partial charge in [0.2, 0.25) is 0 Å². The summed E-state index contributed by atoms with van der Waals surface area (Å²) in [5, 5.41) is 7.51. The predicted octanol–water partition coefficient (Wildman–Crippen LogP) is 1.39. The van der Waals surface area contributed by atoms with Crippen molar-refractivity contribution in [3.8, 4) is 0 Å². The Hall–Kier alpha value is -0.755. The van der Waals surface area contributed by atoms with Gasteiger partial charge < -0.3 is 0 Å². The Morgan fingerprint density at radius 1 is 1.24 bits per heavy atom. The first-order chi connectivity index (χ1) is 9.80. The predicted molar refractivity (Wildman–Crippen MR) is 78.9 cm³/mol. The van der Waals surface area contributed by atoms with E-state index in [1.807, 2.05) is 25.6 Å². The molecule has 0 saturated carbocycles. The topological polar surface area (TPSA) is 64.0 Å². The molecule has 0 amide bonds. The number of piperidine rings is 1. The van der Waals surface area contributed by atoms with Crippen LogP contribution in [-0.2, 0) is 18.9 Å². The molecule has 2 rings (SSSR count). The summed E-state index contributed by atoms with van der Waals surface area (Å²) >= 11 is 0. The molecule has 0 aliphatic carbocycles. The van der Waals surface area contributed by atoms with Crippen LogP contribution in [0.3, 0.4) is 0 Å².